The van der Waals surface area contributed by atoms with Crippen molar-refractivity contribution in [2.45, 2.75) is 19.4 Å². The SMILES string of the molecule is Cc1ccc(C(CCN(C)C)NC(=O)c2ccc(-c3ccccc3)cc2)cc1. The van der Waals surface area contributed by atoms with E-state index in [0.29, 0.717) is 5.56 Å². The quantitative estimate of drug-likeness (QED) is 0.627. The van der Waals surface area contributed by atoms with E-state index in [1.54, 1.807) is 0 Å². The van der Waals surface area contributed by atoms with Crippen LogP contribution in [0.2, 0.25) is 0 Å². The Morgan fingerprint density at radius 3 is 2.07 bits per heavy atom. The van der Waals surface area contributed by atoms with Gasteiger partial charge in [0.1, 0.15) is 0 Å². The Hall–Kier alpha value is -2.91. The number of carbonyl (C=O) groups excluding carboxylic acids is 1. The van der Waals surface area contributed by atoms with Crippen LogP contribution in [-0.4, -0.2) is 31.4 Å². The summed E-state index contributed by atoms with van der Waals surface area (Å²) >= 11 is 0. The third-order valence-electron chi connectivity index (χ3n) is 4.90. The zero-order valence-corrected chi connectivity index (χ0v) is 16.9. The fourth-order valence-corrected chi connectivity index (χ4v) is 3.19. The van der Waals surface area contributed by atoms with Crippen molar-refractivity contribution in [2.24, 2.45) is 0 Å². The lowest BCUT2D eigenvalue weighted by Crippen LogP contribution is -2.31. The monoisotopic (exact) mass is 372 g/mol. The van der Waals surface area contributed by atoms with E-state index in [0.717, 1.165) is 29.7 Å². The molecular weight excluding hydrogens is 344 g/mol. The summed E-state index contributed by atoms with van der Waals surface area (Å²) < 4.78 is 0. The highest BCUT2D eigenvalue weighted by atomic mass is 16.1. The number of aryl methyl sites for hydroxylation is 1. The minimum atomic E-state index is -0.0380. The first-order chi connectivity index (χ1) is 13.5. The van der Waals surface area contributed by atoms with Gasteiger partial charge in [-0.15, -0.1) is 0 Å². The Kier molecular flexibility index (Phi) is 6.62. The Balaban J connectivity index is 1.74. The molecule has 1 unspecified atom stereocenters. The van der Waals surface area contributed by atoms with Gasteiger partial charge in [0.2, 0.25) is 0 Å². The molecule has 0 aliphatic carbocycles. The third kappa shape index (κ3) is 5.30. The van der Waals surface area contributed by atoms with Gasteiger partial charge in [0.15, 0.2) is 0 Å². The van der Waals surface area contributed by atoms with Crippen molar-refractivity contribution in [1.82, 2.24) is 10.2 Å². The molecule has 3 rings (SSSR count). The molecule has 3 aromatic carbocycles. The van der Waals surface area contributed by atoms with Crippen LogP contribution in [0.3, 0.4) is 0 Å². The van der Waals surface area contributed by atoms with Crippen LogP contribution in [0.25, 0.3) is 11.1 Å². The number of hydrogen-bond donors (Lipinski definition) is 1. The molecule has 0 saturated heterocycles. The molecule has 1 atom stereocenters. The number of nitrogens with zero attached hydrogens (tertiary/aromatic N) is 1. The van der Waals surface area contributed by atoms with Gasteiger partial charge in [0.05, 0.1) is 6.04 Å². The first-order valence-electron chi connectivity index (χ1n) is 9.70. The second-order valence-corrected chi connectivity index (χ2v) is 7.47. The van der Waals surface area contributed by atoms with E-state index in [9.17, 15) is 4.79 Å². The molecule has 3 nitrogen and oxygen atoms in total. The van der Waals surface area contributed by atoms with Crippen molar-refractivity contribution in [3.63, 3.8) is 0 Å². The van der Waals surface area contributed by atoms with Gasteiger partial charge in [-0.1, -0.05) is 72.3 Å². The van der Waals surface area contributed by atoms with E-state index in [-0.39, 0.29) is 11.9 Å². The summed E-state index contributed by atoms with van der Waals surface area (Å²) in [5.41, 5.74) is 5.30. The predicted molar refractivity (Wildman–Crippen MR) is 116 cm³/mol. The minimum Gasteiger partial charge on any atom is -0.345 e. The maximum atomic E-state index is 12.9. The maximum absolute atomic E-state index is 12.9. The van der Waals surface area contributed by atoms with Gasteiger partial charge in [-0.2, -0.15) is 0 Å². The molecule has 0 radical (unpaired) electrons. The molecule has 0 saturated carbocycles. The topological polar surface area (TPSA) is 32.3 Å². The fraction of sp³-hybridized carbons (Fsp3) is 0.240. The number of carbonyl (C=O) groups is 1. The summed E-state index contributed by atoms with van der Waals surface area (Å²) in [6, 6.07) is 26.4. The first-order valence-corrected chi connectivity index (χ1v) is 9.70. The summed E-state index contributed by atoms with van der Waals surface area (Å²) in [6.07, 6.45) is 0.865. The summed E-state index contributed by atoms with van der Waals surface area (Å²) in [4.78, 5) is 15.0. The van der Waals surface area contributed by atoms with Crippen molar-refractivity contribution in [1.29, 1.82) is 0 Å². The van der Waals surface area contributed by atoms with Crippen LogP contribution in [0.4, 0.5) is 0 Å². The molecule has 0 spiro atoms. The highest BCUT2D eigenvalue weighted by molar-refractivity contribution is 5.95. The van der Waals surface area contributed by atoms with E-state index in [1.807, 2.05) is 42.5 Å². The Morgan fingerprint density at radius 1 is 0.857 bits per heavy atom. The molecule has 1 amide bonds. The first kappa shape index (κ1) is 19.8. The van der Waals surface area contributed by atoms with E-state index < -0.39 is 0 Å². The molecule has 0 fully saturated rings. The van der Waals surface area contributed by atoms with Crippen molar-refractivity contribution in [3.8, 4) is 11.1 Å². The van der Waals surface area contributed by atoms with Crippen molar-refractivity contribution in [2.75, 3.05) is 20.6 Å². The molecule has 0 bridgehead atoms. The smallest absolute Gasteiger partial charge is 0.251 e. The van der Waals surface area contributed by atoms with Gasteiger partial charge in [-0.3, -0.25) is 4.79 Å². The molecular formula is C25H28N2O. The summed E-state index contributed by atoms with van der Waals surface area (Å²) in [7, 11) is 4.10. The molecule has 0 aliphatic rings. The normalized spacial score (nSPS) is 12.0. The van der Waals surface area contributed by atoms with Crippen LogP contribution in [-0.2, 0) is 0 Å². The summed E-state index contributed by atoms with van der Waals surface area (Å²) in [5.74, 6) is -0.0380. The Bertz CT molecular complexity index is 884. The van der Waals surface area contributed by atoms with Crippen LogP contribution in [0, 0.1) is 6.92 Å². The molecule has 3 heteroatoms. The van der Waals surface area contributed by atoms with Crippen molar-refractivity contribution < 1.29 is 4.79 Å². The lowest BCUT2D eigenvalue weighted by atomic mass is 10.0. The van der Waals surface area contributed by atoms with Gasteiger partial charge in [-0.05, 0) is 62.8 Å². The van der Waals surface area contributed by atoms with E-state index in [1.165, 1.54) is 5.56 Å². The number of nitrogens with one attached hydrogen (secondary N) is 1. The van der Waals surface area contributed by atoms with E-state index >= 15 is 0 Å². The maximum Gasteiger partial charge on any atom is 0.251 e. The highest BCUT2D eigenvalue weighted by Crippen LogP contribution is 2.21. The Morgan fingerprint density at radius 2 is 1.46 bits per heavy atom. The minimum absolute atomic E-state index is 0.00991. The lowest BCUT2D eigenvalue weighted by Gasteiger charge is -2.21. The van der Waals surface area contributed by atoms with Crippen LogP contribution in [0.5, 0.6) is 0 Å². The number of benzene rings is 3. The van der Waals surface area contributed by atoms with Crippen LogP contribution < -0.4 is 5.32 Å². The summed E-state index contributed by atoms with van der Waals surface area (Å²) in [6.45, 7) is 2.98. The average molecular weight is 373 g/mol. The van der Waals surface area contributed by atoms with E-state index in [4.69, 9.17) is 0 Å². The second kappa shape index (κ2) is 9.34. The molecule has 0 aromatic heterocycles. The molecule has 3 aromatic rings. The van der Waals surface area contributed by atoms with Gasteiger partial charge in [-0.25, -0.2) is 0 Å². The predicted octanol–water partition coefficient (Wildman–Crippen LogP) is 5.08. The van der Waals surface area contributed by atoms with Crippen LogP contribution >= 0.6 is 0 Å². The standard InChI is InChI=1S/C25H28N2O/c1-19-9-11-22(12-10-19)24(17-18-27(2)3)26-25(28)23-15-13-21(14-16-23)20-7-5-4-6-8-20/h4-16,24H,17-18H2,1-3H3,(H,26,28). The van der Waals surface area contributed by atoms with Crippen molar-refractivity contribution >= 4 is 5.91 Å². The van der Waals surface area contributed by atoms with Gasteiger partial charge in [0.25, 0.3) is 5.91 Å². The fourth-order valence-electron chi connectivity index (χ4n) is 3.19. The molecule has 0 heterocycles. The van der Waals surface area contributed by atoms with Crippen LogP contribution in [0.1, 0.15) is 33.9 Å². The molecule has 0 aliphatic heterocycles. The highest BCUT2D eigenvalue weighted by Gasteiger charge is 2.16. The number of amides is 1. The van der Waals surface area contributed by atoms with Gasteiger partial charge in [0, 0.05) is 5.56 Å². The van der Waals surface area contributed by atoms with Crippen molar-refractivity contribution in [3.05, 3.63) is 95.6 Å². The third-order valence-corrected chi connectivity index (χ3v) is 4.90. The largest absolute Gasteiger partial charge is 0.345 e. The zero-order valence-electron chi connectivity index (χ0n) is 16.9. The average Bonchev–Trinajstić information content (AvgIpc) is 2.72. The zero-order chi connectivity index (χ0) is 19.9. The number of hydrogen-bond acceptors (Lipinski definition) is 2. The number of rotatable bonds is 7. The molecule has 144 valence electrons. The Labute approximate surface area is 168 Å². The van der Waals surface area contributed by atoms with E-state index in [2.05, 4.69) is 67.6 Å². The van der Waals surface area contributed by atoms with Gasteiger partial charge >= 0.3 is 0 Å². The second-order valence-electron chi connectivity index (χ2n) is 7.47. The van der Waals surface area contributed by atoms with Gasteiger partial charge < -0.3 is 10.2 Å². The molecule has 1 N–H and O–H groups in total. The summed E-state index contributed by atoms with van der Waals surface area (Å²) in [5, 5.41) is 3.22. The lowest BCUT2D eigenvalue weighted by molar-refractivity contribution is 0.0932. The van der Waals surface area contributed by atoms with Crippen LogP contribution in [0.15, 0.2) is 78.9 Å². The molecule has 28 heavy (non-hydrogen) atoms.